The molecule has 2 fully saturated rings. The maximum Gasteiger partial charge on any atom is 0.257 e. The quantitative estimate of drug-likeness (QED) is 0.790. The summed E-state index contributed by atoms with van der Waals surface area (Å²) < 4.78 is 4.97. The lowest BCUT2D eigenvalue weighted by atomic mass is 9.95. The predicted octanol–water partition coefficient (Wildman–Crippen LogP) is 2.37. The zero-order valence-corrected chi connectivity index (χ0v) is 15.8. The molecule has 1 aromatic rings. The SMILES string of the molecule is CC1CCN(CCCNC(=O)C2CCN(C(=O)c3ccoc3)CC2)CC1. The van der Waals surface area contributed by atoms with Gasteiger partial charge in [0.05, 0.1) is 11.8 Å². The van der Waals surface area contributed by atoms with Gasteiger partial charge in [0.2, 0.25) is 5.91 Å². The van der Waals surface area contributed by atoms with E-state index in [0.29, 0.717) is 18.7 Å². The number of carbonyl (C=O) groups is 2. The van der Waals surface area contributed by atoms with Gasteiger partial charge in [0.1, 0.15) is 6.26 Å². The fourth-order valence-corrected chi connectivity index (χ4v) is 3.86. The summed E-state index contributed by atoms with van der Waals surface area (Å²) in [6.07, 6.45) is 8.06. The van der Waals surface area contributed by atoms with Crippen molar-refractivity contribution in [1.29, 1.82) is 0 Å². The Labute approximate surface area is 155 Å². The molecule has 26 heavy (non-hydrogen) atoms. The van der Waals surface area contributed by atoms with Crippen LogP contribution in [0.2, 0.25) is 0 Å². The summed E-state index contributed by atoms with van der Waals surface area (Å²) in [4.78, 5) is 29.0. The molecule has 0 aliphatic carbocycles. The van der Waals surface area contributed by atoms with Gasteiger partial charge in [0.25, 0.3) is 5.91 Å². The molecule has 144 valence electrons. The molecule has 6 heteroatoms. The lowest BCUT2D eigenvalue weighted by molar-refractivity contribution is -0.126. The zero-order chi connectivity index (χ0) is 18.4. The summed E-state index contributed by atoms with van der Waals surface area (Å²) in [6, 6.07) is 1.68. The molecule has 1 aromatic heterocycles. The second kappa shape index (κ2) is 9.21. The minimum absolute atomic E-state index is 0.00606. The highest BCUT2D eigenvalue weighted by Gasteiger charge is 2.28. The number of piperidine rings is 2. The predicted molar refractivity (Wildman–Crippen MR) is 99.8 cm³/mol. The third-order valence-corrected chi connectivity index (χ3v) is 5.75. The number of carbonyl (C=O) groups excluding carboxylic acids is 2. The topological polar surface area (TPSA) is 65.8 Å². The Morgan fingerprint density at radius 3 is 2.54 bits per heavy atom. The lowest BCUT2D eigenvalue weighted by Gasteiger charge is -2.31. The van der Waals surface area contributed by atoms with Crippen LogP contribution in [0.1, 0.15) is 49.4 Å². The standard InChI is InChI=1S/C20H31N3O3/c1-16-3-10-22(11-4-16)9-2-8-21-19(24)17-5-12-23(13-6-17)20(25)18-7-14-26-15-18/h7,14-17H,2-6,8-13H2,1H3,(H,21,24). The highest BCUT2D eigenvalue weighted by atomic mass is 16.3. The van der Waals surface area contributed by atoms with Gasteiger partial charge in [-0.15, -0.1) is 0 Å². The maximum absolute atomic E-state index is 12.4. The van der Waals surface area contributed by atoms with Crippen LogP contribution in [0.5, 0.6) is 0 Å². The average molecular weight is 361 g/mol. The smallest absolute Gasteiger partial charge is 0.257 e. The third-order valence-electron chi connectivity index (χ3n) is 5.75. The lowest BCUT2D eigenvalue weighted by Crippen LogP contribution is -2.43. The van der Waals surface area contributed by atoms with E-state index in [9.17, 15) is 9.59 Å². The van der Waals surface area contributed by atoms with Crippen molar-refractivity contribution in [1.82, 2.24) is 15.1 Å². The monoisotopic (exact) mass is 361 g/mol. The maximum atomic E-state index is 12.4. The number of hydrogen-bond acceptors (Lipinski definition) is 4. The van der Waals surface area contributed by atoms with Crippen molar-refractivity contribution in [3.05, 3.63) is 24.2 Å². The Morgan fingerprint density at radius 1 is 1.15 bits per heavy atom. The minimum atomic E-state index is -0.00606. The molecule has 3 heterocycles. The van der Waals surface area contributed by atoms with Crippen molar-refractivity contribution in [3.8, 4) is 0 Å². The highest BCUT2D eigenvalue weighted by molar-refractivity contribution is 5.94. The molecule has 6 nitrogen and oxygen atoms in total. The van der Waals surface area contributed by atoms with Gasteiger partial charge in [-0.25, -0.2) is 0 Å². The van der Waals surface area contributed by atoms with E-state index >= 15 is 0 Å². The van der Waals surface area contributed by atoms with E-state index < -0.39 is 0 Å². The first-order valence-corrected chi connectivity index (χ1v) is 9.95. The van der Waals surface area contributed by atoms with E-state index in [1.165, 1.54) is 38.5 Å². The van der Waals surface area contributed by atoms with Crippen LogP contribution in [0.15, 0.2) is 23.0 Å². The van der Waals surface area contributed by atoms with Crippen molar-refractivity contribution >= 4 is 11.8 Å². The van der Waals surface area contributed by atoms with Crippen LogP contribution in [0, 0.1) is 11.8 Å². The summed E-state index contributed by atoms with van der Waals surface area (Å²) in [5.74, 6) is 1.03. The number of nitrogens with one attached hydrogen (secondary N) is 1. The molecular weight excluding hydrogens is 330 g/mol. The number of hydrogen-bond donors (Lipinski definition) is 1. The average Bonchev–Trinajstić information content (AvgIpc) is 3.21. The Balaban J connectivity index is 1.30. The Bertz CT molecular complexity index is 571. The Kier molecular flexibility index (Phi) is 6.72. The van der Waals surface area contributed by atoms with Gasteiger partial charge in [-0.2, -0.15) is 0 Å². The molecule has 2 saturated heterocycles. The molecule has 1 N–H and O–H groups in total. The van der Waals surface area contributed by atoms with E-state index in [0.717, 1.165) is 38.3 Å². The van der Waals surface area contributed by atoms with Crippen LogP contribution in [-0.4, -0.2) is 60.9 Å². The Morgan fingerprint density at radius 2 is 1.88 bits per heavy atom. The van der Waals surface area contributed by atoms with Crippen molar-refractivity contribution in [2.75, 3.05) is 39.3 Å². The normalized spacial score (nSPS) is 20.3. The van der Waals surface area contributed by atoms with Crippen molar-refractivity contribution in [3.63, 3.8) is 0 Å². The van der Waals surface area contributed by atoms with E-state index in [4.69, 9.17) is 4.42 Å². The molecule has 0 spiro atoms. The first-order valence-electron chi connectivity index (χ1n) is 9.95. The summed E-state index contributed by atoms with van der Waals surface area (Å²) in [6.45, 7) is 7.80. The first-order chi connectivity index (χ1) is 12.6. The summed E-state index contributed by atoms with van der Waals surface area (Å²) >= 11 is 0. The number of likely N-dealkylation sites (tertiary alicyclic amines) is 2. The summed E-state index contributed by atoms with van der Waals surface area (Å²) in [7, 11) is 0. The zero-order valence-electron chi connectivity index (χ0n) is 15.8. The van der Waals surface area contributed by atoms with Crippen molar-refractivity contribution in [2.24, 2.45) is 11.8 Å². The van der Waals surface area contributed by atoms with E-state index in [2.05, 4.69) is 17.1 Å². The van der Waals surface area contributed by atoms with Crippen molar-refractivity contribution in [2.45, 2.75) is 39.0 Å². The number of nitrogens with zero attached hydrogens (tertiary/aromatic N) is 2. The molecule has 0 unspecified atom stereocenters. The molecule has 3 rings (SSSR count). The van der Waals surface area contributed by atoms with Crippen LogP contribution in [-0.2, 0) is 4.79 Å². The van der Waals surface area contributed by atoms with Gasteiger partial charge in [-0.1, -0.05) is 6.92 Å². The van der Waals surface area contributed by atoms with E-state index in [-0.39, 0.29) is 17.7 Å². The number of amides is 2. The molecular formula is C20H31N3O3. The fourth-order valence-electron chi connectivity index (χ4n) is 3.86. The first kappa shape index (κ1) is 19.0. The molecule has 2 aliphatic heterocycles. The van der Waals surface area contributed by atoms with Crippen molar-refractivity contribution < 1.29 is 14.0 Å². The van der Waals surface area contributed by atoms with Crippen LogP contribution in [0.3, 0.4) is 0 Å². The molecule has 0 bridgehead atoms. The van der Waals surface area contributed by atoms with Gasteiger partial charge >= 0.3 is 0 Å². The van der Waals surface area contributed by atoms with Crippen LogP contribution in [0.25, 0.3) is 0 Å². The van der Waals surface area contributed by atoms with Gasteiger partial charge in [0.15, 0.2) is 0 Å². The van der Waals surface area contributed by atoms with E-state index in [1.54, 1.807) is 6.07 Å². The Hall–Kier alpha value is -1.82. The molecule has 0 aromatic carbocycles. The largest absolute Gasteiger partial charge is 0.472 e. The summed E-state index contributed by atoms with van der Waals surface area (Å²) in [5.41, 5.74) is 0.583. The minimum Gasteiger partial charge on any atom is -0.472 e. The van der Waals surface area contributed by atoms with Gasteiger partial charge in [0, 0.05) is 25.6 Å². The van der Waals surface area contributed by atoms with Crippen LogP contribution < -0.4 is 5.32 Å². The van der Waals surface area contributed by atoms with Gasteiger partial charge in [-0.05, 0) is 63.7 Å². The molecule has 2 aliphatic rings. The van der Waals surface area contributed by atoms with Gasteiger partial charge < -0.3 is 19.5 Å². The second-order valence-corrected chi connectivity index (χ2v) is 7.75. The molecule has 0 saturated carbocycles. The highest BCUT2D eigenvalue weighted by Crippen LogP contribution is 2.19. The number of furan rings is 1. The van der Waals surface area contributed by atoms with Gasteiger partial charge in [-0.3, -0.25) is 9.59 Å². The van der Waals surface area contributed by atoms with Crippen LogP contribution >= 0.6 is 0 Å². The second-order valence-electron chi connectivity index (χ2n) is 7.75. The molecule has 2 amide bonds. The van der Waals surface area contributed by atoms with E-state index in [1.807, 2.05) is 4.90 Å². The fraction of sp³-hybridized carbons (Fsp3) is 0.700. The third kappa shape index (κ3) is 5.10. The summed E-state index contributed by atoms with van der Waals surface area (Å²) in [5, 5.41) is 3.09. The molecule has 0 atom stereocenters. The number of rotatable bonds is 6. The molecule has 0 radical (unpaired) electrons. The van der Waals surface area contributed by atoms with Crippen LogP contribution in [0.4, 0.5) is 0 Å².